The topological polar surface area (TPSA) is 544 Å². The number of aromatic nitrogens is 3. The molecule has 26 N–H and O–H groups in total. The Labute approximate surface area is 544 Å². The van der Waals surface area contributed by atoms with Crippen LogP contribution >= 0.6 is 0 Å². The zero-order valence-electron chi connectivity index (χ0n) is 52.9. The number of unbranched alkanes of at least 4 members (excludes halogenated alkanes) is 1. The van der Waals surface area contributed by atoms with E-state index < -0.39 is 126 Å². The Bertz CT molecular complexity index is 3360. The van der Waals surface area contributed by atoms with Crippen LogP contribution in [0.15, 0.2) is 114 Å². The van der Waals surface area contributed by atoms with E-state index in [1.807, 2.05) is 24.3 Å². The third kappa shape index (κ3) is 25.0. The molecule has 0 radical (unpaired) electrons. The number of aliphatic imine (C=N–C) groups is 2. The van der Waals surface area contributed by atoms with E-state index in [-0.39, 0.29) is 82.9 Å². The Hall–Kier alpha value is -10.4. The van der Waals surface area contributed by atoms with Crippen molar-refractivity contribution in [2.75, 3.05) is 19.6 Å². The van der Waals surface area contributed by atoms with Crippen molar-refractivity contribution in [1.29, 1.82) is 0 Å². The van der Waals surface area contributed by atoms with Gasteiger partial charge in [-0.15, -0.1) is 0 Å². The number of guanidine groups is 2. The van der Waals surface area contributed by atoms with Gasteiger partial charge < -0.3 is 98.4 Å². The maximum absolute atomic E-state index is 15.0. The highest BCUT2D eigenvalue weighted by molar-refractivity contribution is 5.99. The number of aromatic amines is 2. The summed E-state index contributed by atoms with van der Waals surface area (Å²) < 4.78 is 0. The van der Waals surface area contributed by atoms with Gasteiger partial charge in [-0.25, -0.2) is 4.98 Å². The van der Waals surface area contributed by atoms with Gasteiger partial charge in [0.25, 0.3) is 0 Å². The highest BCUT2D eigenvalue weighted by Crippen LogP contribution is 2.20. The number of nitrogens with one attached hydrogen (secondary N) is 10. The molecule has 2 heterocycles. The minimum atomic E-state index is -1.53. The predicted octanol–water partition coefficient (Wildman–Crippen LogP) is -2.99. The molecule has 2 aromatic heterocycles. The van der Waals surface area contributed by atoms with Crippen molar-refractivity contribution >= 4 is 81.9 Å². The maximum atomic E-state index is 15.0. The molecule has 0 fully saturated rings. The van der Waals surface area contributed by atoms with Crippen molar-refractivity contribution in [2.24, 2.45) is 61.8 Å². The monoisotopic (exact) mass is 1300 g/mol. The number of nitrogens with two attached hydrogens (primary N) is 8. The van der Waals surface area contributed by atoms with Crippen LogP contribution in [0.3, 0.4) is 0 Å². The van der Waals surface area contributed by atoms with E-state index in [1.54, 1.807) is 80.7 Å². The molecule has 0 bridgehead atoms. The van der Waals surface area contributed by atoms with Crippen LogP contribution < -0.4 is 88.4 Å². The Morgan fingerprint density at radius 1 is 0.500 bits per heavy atom. The van der Waals surface area contributed by atoms with Gasteiger partial charge in [0.2, 0.25) is 59.1 Å². The summed E-state index contributed by atoms with van der Waals surface area (Å²) in [6.07, 6.45) is 5.06. The summed E-state index contributed by atoms with van der Waals surface area (Å²) in [4.78, 5) is 158. The summed E-state index contributed by atoms with van der Waals surface area (Å²) in [6, 6.07) is 12.7. The number of primary amides is 2. The van der Waals surface area contributed by atoms with E-state index in [9.17, 15) is 47.9 Å². The second kappa shape index (κ2) is 38.4. The number of nitrogens with zero attached hydrogens (tertiary/aromatic N) is 3. The lowest BCUT2D eigenvalue weighted by molar-refractivity contribution is -0.136. The van der Waals surface area contributed by atoms with Crippen molar-refractivity contribution in [3.63, 3.8) is 0 Å². The average Bonchev–Trinajstić information content (AvgIpc) is 1.57. The number of para-hydroxylation sites is 1. The summed E-state index contributed by atoms with van der Waals surface area (Å²) in [6.45, 7) is 4.00. The van der Waals surface area contributed by atoms with Gasteiger partial charge >= 0.3 is 0 Å². The first-order valence-corrected chi connectivity index (χ1v) is 31.1. The number of fused-ring (bicyclic) bond motifs is 1. The summed E-state index contributed by atoms with van der Waals surface area (Å²) in [5, 5.41) is 22.6. The first kappa shape index (κ1) is 74.3. The fourth-order valence-electron chi connectivity index (χ4n) is 10.1. The van der Waals surface area contributed by atoms with E-state index in [1.165, 1.54) is 12.5 Å². The second-order valence-corrected chi connectivity index (χ2v) is 22.9. The molecule has 5 aromatic rings. The van der Waals surface area contributed by atoms with Gasteiger partial charge in [-0.3, -0.25) is 57.9 Å². The van der Waals surface area contributed by atoms with E-state index in [0.29, 0.717) is 48.1 Å². The first-order valence-electron chi connectivity index (χ1n) is 31.1. The van der Waals surface area contributed by atoms with Gasteiger partial charge in [0.15, 0.2) is 11.9 Å². The molecule has 10 amide bonds. The van der Waals surface area contributed by atoms with Crippen LogP contribution in [0.4, 0.5) is 0 Å². The molecule has 0 aliphatic carbocycles. The molecule has 0 aliphatic rings. The fraction of sp³-hybridized carbons (Fsp3) is 0.444. The number of benzene rings is 3. The molecule has 31 heteroatoms. The summed E-state index contributed by atoms with van der Waals surface area (Å²) in [7, 11) is 0. The van der Waals surface area contributed by atoms with Gasteiger partial charge in [0.1, 0.15) is 48.3 Å². The van der Waals surface area contributed by atoms with E-state index in [0.717, 1.165) is 10.9 Å². The van der Waals surface area contributed by atoms with Gasteiger partial charge in [-0.2, -0.15) is 0 Å². The predicted molar refractivity (Wildman–Crippen MR) is 353 cm³/mol. The number of imidazole rings is 1. The van der Waals surface area contributed by atoms with Crippen LogP contribution in [0, 0.1) is 5.92 Å². The average molecular weight is 1300 g/mol. The third-order valence-corrected chi connectivity index (χ3v) is 15.5. The molecule has 0 unspecified atom stereocenters. The minimum absolute atomic E-state index is 0.0147. The molecule has 31 nitrogen and oxygen atoms in total. The molecule has 3 aromatic carbocycles. The number of hydrogen-bond acceptors (Lipinski definition) is 15. The van der Waals surface area contributed by atoms with Crippen molar-refractivity contribution in [1.82, 2.24) is 57.5 Å². The summed E-state index contributed by atoms with van der Waals surface area (Å²) in [5.41, 5.74) is 48.0. The van der Waals surface area contributed by atoms with E-state index in [2.05, 4.69) is 67.5 Å². The Kier molecular flexibility index (Phi) is 30.4. The smallest absolute Gasteiger partial charge is 0.243 e. The number of amides is 10. The molecule has 0 saturated carbocycles. The lowest BCUT2D eigenvalue weighted by Gasteiger charge is -2.30. The SMILES string of the molecule is CC[C@H](C)[C@H](NC(=O)[C@@H](Cc1ccccc1)NC(=O)[C@@H](Cc1c[nH]c2ccccc12)NC(=O)[C@@H](N)CCCN=C(N)N)C(=O)N[C@H](Cc1ccccc1)C(=O)N[C@@H](Cc1cnc[nH]1)C(=O)N[C@@H](CCCCN)C(=O)N[C@@H](CCCN=C(N)N)C(=O)N[C@@H](CC(N)=O)C(N)=O. The van der Waals surface area contributed by atoms with Crippen LogP contribution in [-0.2, 0) is 73.6 Å². The lowest BCUT2D eigenvalue weighted by atomic mass is 9.96. The highest BCUT2D eigenvalue weighted by atomic mass is 16.2. The van der Waals surface area contributed by atoms with E-state index in [4.69, 9.17) is 45.9 Å². The van der Waals surface area contributed by atoms with Crippen molar-refractivity contribution < 1.29 is 47.9 Å². The van der Waals surface area contributed by atoms with Gasteiger partial charge in [-0.05, 0) is 80.2 Å². The largest absolute Gasteiger partial charge is 0.370 e. The quantitative estimate of drug-likeness (QED) is 0.0105. The summed E-state index contributed by atoms with van der Waals surface area (Å²) in [5.74, 6) is -9.37. The van der Waals surface area contributed by atoms with E-state index >= 15 is 0 Å². The molecule has 10 atom stereocenters. The van der Waals surface area contributed by atoms with Crippen molar-refractivity contribution in [3.05, 3.63) is 126 Å². The summed E-state index contributed by atoms with van der Waals surface area (Å²) >= 11 is 0. The Balaban J connectivity index is 1.44. The Morgan fingerprint density at radius 3 is 1.47 bits per heavy atom. The zero-order valence-corrected chi connectivity index (χ0v) is 52.9. The van der Waals surface area contributed by atoms with Gasteiger partial charge in [0, 0.05) is 67.8 Å². The number of rotatable bonds is 41. The van der Waals surface area contributed by atoms with Crippen LogP contribution in [0.5, 0.6) is 0 Å². The molecule has 0 aliphatic heterocycles. The first-order chi connectivity index (χ1) is 45.0. The van der Waals surface area contributed by atoms with Crippen LogP contribution in [-0.4, -0.2) is 160 Å². The highest BCUT2D eigenvalue weighted by Gasteiger charge is 2.37. The van der Waals surface area contributed by atoms with Gasteiger partial charge in [0.05, 0.1) is 18.8 Å². The van der Waals surface area contributed by atoms with Crippen molar-refractivity contribution in [2.45, 2.75) is 152 Å². The standard InChI is InChI=1S/C63H91N21O10/c1-3-36(2)52(84-60(93)48(29-38-18-8-5-9-19-38)81-58(91)49(30-39-33-75-43-22-11-10-20-41(39)43)80-54(87)42(65)21-14-26-73-62(68)69)61(94)83-47(28-37-16-6-4-7-17-37)57(90)82-50(31-40-34-72-35-76-40)59(92)78-44(23-12-13-25-64)55(88)77-45(24-15-27-74-63(70)71)56(89)79-46(53(67)86)32-51(66)85/h4-11,16-20,22,33-36,42,44-50,52,75H,3,12-15,21,23-32,64-65H2,1-2H3,(H2,66,85)(H2,67,86)(H,72,76)(H,77,88)(H,78,92)(H,79,89)(H,80,87)(H,81,91)(H,82,90)(H,83,94)(H,84,93)(H4,68,69,73)(H4,70,71,74)/t36-,42-,44-,45-,46-,47+,48+,49+,50-,52-/m0/s1. The molecule has 5 rings (SSSR count). The molecular weight excluding hydrogens is 1210 g/mol. The van der Waals surface area contributed by atoms with Crippen LogP contribution in [0.2, 0.25) is 0 Å². The number of carbonyl (C=O) groups is 10. The van der Waals surface area contributed by atoms with Gasteiger partial charge in [-0.1, -0.05) is 99.1 Å². The third-order valence-electron chi connectivity index (χ3n) is 15.5. The van der Waals surface area contributed by atoms with Crippen molar-refractivity contribution in [3.8, 4) is 0 Å². The molecule has 0 spiro atoms. The molecule has 0 saturated heterocycles. The molecule has 508 valence electrons. The lowest BCUT2D eigenvalue weighted by Crippen LogP contribution is -2.62. The number of hydrogen-bond donors (Lipinski definition) is 18. The minimum Gasteiger partial charge on any atom is -0.370 e. The Morgan fingerprint density at radius 2 is 0.957 bits per heavy atom. The maximum Gasteiger partial charge on any atom is 0.243 e. The second-order valence-electron chi connectivity index (χ2n) is 22.9. The fourth-order valence-corrected chi connectivity index (χ4v) is 10.1. The molecule has 94 heavy (non-hydrogen) atoms. The number of carbonyl (C=O) groups excluding carboxylic acids is 10. The molecular formula is C63H91N21O10. The zero-order chi connectivity index (χ0) is 68.7. The number of H-pyrrole nitrogens is 2. The van der Waals surface area contributed by atoms with Crippen LogP contribution in [0.1, 0.15) is 94.0 Å². The normalized spacial score (nSPS) is 14.3. The van der Waals surface area contributed by atoms with Crippen LogP contribution in [0.25, 0.3) is 10.9 Å².